The highest BCUT2D eigenvalue weighted by Crippen LogP contribution is 2.28. The molecule has 1 aliphatic heterocycles. The first kappa shape index (κ1) is 22.5. The molecular weight excluding hydrogens is 380 g/mol. The molecule has 0 amide bonds. The number of nitrogens with zero attached hydrogens (tertiary/aromatic N) is 1. The summed E-state index contributed by atoms with van der Waals surface area (Å²) < 4.78 is 17.0. The molecule has 1 aromatic heterocycles. The number of morpholine rings is 1. The summed E-state index contributed by atoms with van der Waals surface area (Å²) in [7, 11) is 0. The van der Waals surface area contributed by atoms with E-state index in [4.69, 9.17) is 13.9 Å². The molecule has 0 radical (unpaired) electrons. The molecule has 0 aliphatic carbocycles. The first-order chi connectivity index (χ1) is 14.6. The van der Waals surface area contributed by atoms with Gasteiger partial charge in [0.05, 0.1) is 19.8 Å². The molecule has 2 heterocycles. The molecule has 6 heteroatoms. The number of ether oxygens (including phenoxy) is 2. The molecule has 1 N–H and O–H groups in total. The molecule has 0 saturated carbocycles. The molecule has 1 aromatic carbocycles. The van der Waals surface area contributed by atoms with Crippen molar-refractivity contribution in [2.45, 2.75) is 33.1 Å². The van der Waals surface area contributed by atoms with Crippen molar-refractivity contribution in [2.75, 3.05) is 52.5 Å². The highest BCUT2D eigenvalue weighted by molar-refractivity contribution is 5.82. The fraction of sp³-hybridized carbons (Fsp3) is 0.542. The van der Waals surface area contributed by atoms with Gasteiger partial charge in [0, 0.05) is 43.2 Å². The van der Waals surface area contributed by atoms with Gasteiger partial charge in [0.25, 0.3) is 0 Å². The van der Waals surface area contributed by atoms with Crippen LogP contribution in [0.5, 0.6) is 5.75 Å². The van der Waals surface area contributed by atoms with Crippen LogP contribution in [0.3, 0.4) is 0 Å². The topological polar surface area (TPSA) is 63.9 Å². The van der Waals surface area contributed by atoms with Gasteiger partial charge in [0.2, 0.25) is 0 Å². The smallest absolute Gasteiger partial charge is 0.336 e. The van der Waals surface area contributed by atoms with Gasteiger partial charge in [0.1, 0.15) is 11.3 Å². The number of nitrogens with one attached hydrogen (secondary N) is 1. The van der Waals surface area contributed by atoms with Gasteiger partial charge >= 0.3 is 5.63 Å². The van der Waals surface area contributed by atoms with Gasteiger partial charge in [-0.2, -0.15) is 0 Å². The van der Waals surface area contributed by atoms with E-state index in [2.05, 4.69) is 30.1 Å². The number of allylic oxidation sites excluding steroid dienone is 2. The predicted molar refractivity (Wildman–Crippen MR) is 120 cm³/mol. The Balaban J connectivity index is 1.46. The third-order valence-electron chi connectivity index (χ3n) is 5.28. The summed E-state index contributed by atoms with van der Waals surface area (Å²) in [6.07, 6.45) is 4.86. The lowest BCUT2D eigenvalue weighted by atomic mass is 10.1. The van der Waals surface area contributed by atoms with Crippen LogP contribution in [0.2, 0.25) is 0 Å². The lowest BCUT2D eigenvalue weighted by Gasteiger charge is -2.26. The average molecular weight is 415 g/mol. The van der Waals surface area contributed by atoms with Gasteiger partial charge in [0.15, 0.2) is 0 Å². The van der Waals surface area contributed by atoms with Gasteiger partial charge in [-0.1, -0.05) is 11.6 Å². The Morgan fingerprint density at radius 3 is 2.73 bits per heavy atom. The highest BCUT2D eigenvalue weighted by Gasteiger charge is 2.11. The third kappa shape index (κ3) is 6.97. The van der Waals surface area contributed by atoms with Crippen molar-refractivity contribution in [1.82, 2.24) is 10.2 Å². The molecule has 1 aliphatic rings. The van der Waals surface area contributed by atoms with Crippen molar-refractivity contribution in [2.24, 2.45) is 0 Å². The summed E-state index contributed by atoms with van der Waals surface area (Å²) in [5.41, 5.74) is 2.46. The summed E-state index contributed by atoms with van der Waals surface area (Å²) in [5.74, 6) is 0.801. The number of fused-ring (bicyclic) bond motifs is 1. The molecule has 3 rings (SSSR count). The van der Waals surface area contributed by atoms with Gasteiger partial charge in [-0.3, -0.25) is 4.90 Å². The maximum atomic E-state index is 11.7. The second-order valence-electron chi connectivity index (χ2n) is 7.96. The zero-order chi connectivity index (χ0) is 21.2. The Kier molecular flexibility index (Phi) is 8.93. The van der Waals surface area contributed by atoms with E-state index in [9.17, 15) is 4.79 Å². The van der Waals surface area contributed by atoms with E-state index in [0.717, 1.165) is 75.5 Å². The summed E-state index contributed by atoms with van der Waals surface area (Å²) in [6, 6.07) is 7.20. The maximum absolute atomic E-state index is 11.7. The van der Waals surface area contributed by atoms with E-state index < -0.39 is 0 Å². The van der Waals surface area contributed by atoms with Crippen molar-refractivity contribution >= 4 is 11.0 Å². The number of rotatable bonds is 11. The summed E-state index contributed by atoms with van der Waals surface area (Å²) >= 11 is 0. The first-order valence-electron chi connectivity index (χ1n) is 11.0. The number of benzene rings is 1. The Labute approximate surface area is 178 Å². The SMILES string of the molecule is CC(C)=CCc1c(OCCCCNCCN2CCOCC2)ccc2ccc(=O)oc12. The normalized spacial score (nSPS) is 14.7. The highest BCUT2D eigenvalue weighted by atomic mass is 16.5. The second kappa shape index (κ2) is 11.9. The molecule has 6 nitrogen and oxygen atoms in total. The van der Waals surface area contributed by atoms with Crippen LogP contribution in [-0.2, 0) is 11.2 Å². The van der Waals surface area contributed by atoms with Gasteiger partial charge in [-0.25, -0.2) is 4.79 Å². The zero-order valence-electron chi connectivity index (χ0n) is 18.2. The molecule has 1 saturated heterocycles. The van der Waals surface area contributed by atoms with Crippen LogP contribution in [0.4, 0.5) is 0 Å². The lowest BCUT2D eigenvalue weighted by molar-refractivity contribution is 0.0384. The van der Waals surface area contributed by atoms with Crippen LogP contribution in [-0.4, -0.2) is 57.4 Å². The van der Waals surface area contributed by atoms with E-state index in [0.29, 0.717) is 18.6 Å². The van der Waals surface area contributed by atoms with Crippen LogP contribution in [0, 0.1) is 0 Å². The van der Waals surface area contributed by atoms with E-state index in [1.54, 1.807) is 6.07 Å². The maximum Gasteiger partial charge on any atom is 0.336 e. The van der Waals surface area contributed by atoms with Crippen LogP contribution in [0.1, 0.15) is 32.3 Å². The molecule has 0 atom stereocenters. The largest absolute Gasteiger partial charge is 0.493 e. The lowest BCUT2D eigenvalue weighted by Crippen LogP contribution is -2.40. The van der Waals surface area contributed by atoms with E-state index >= 15 is 0 Å². The standard InChI is InChI=1S/C24H34N2O4/c1-19(2)5-8-21-22(9-6-20-7-10-23(27)30-24(20)21)29-16-4-3-11-25-12-13-26-14-17-28-18-15-26/h5-7,9-10,25H,3-4,8,11-18H2,1-2H3. The number of unbranched alkanes of at least 4 members (excludes halogenated alkanes) is 1. The Hall–Kier alpha value is -2.15. The van der Waals surface area contributed by atoms with Crippen molar-refractivity contribution in [3.63, 3.8) is 0 Å². The monoisotopic (exact) mass is 414 g/mol. The van der Waals surface area contributed by atoms with Crippen molar-refractivity contribution in [3.05, 3.63) is 51.9 Å². The Bertz CT molecular complexity index is 880. The minimum atomic E-state index is -0.332. The van der Waals surface area contributed by atoms with Crippen molar-refractivity contribution in [3.8, 4) is 5.75 Å². The molecular formula is C24H34N2O4. The summed E-state index contributed by atoms with van der Waals surface area (Å²) in [6.45, 7) is 11.6. The third-order valence-corrected chi connectivity index (χ3v) is 5.28. The quantitative estimate of drug-likeness (QED) is 0.346. The minimum Gasteiger partial charge on any atom is -0.493 e. The second-order valence-corrected chi connectivity index (χ2v) is 7.96. The molecule has 1 fully saturated rings. The fourth-order valence-corrected chi connectivity index (χ4v) is 3.53. The van der Waals surface area contributed by atoms with Crippen LogP contribution >= 0.6 is 0 Å². The molecule has 30 heavy (non-hydrogen) atoms. The number of hydrogen-bond donors (Lipinski definition) is 1. The van der Waals surface area contributed by atoms with Crippen LogP contribution in [0.15, 0.2) is 45.1 Å². The minimum absolute atomic E-state index is 0.332. The fourth-order valence-electron chi connectivity index (χ4n) is 3.53. The molecule has 2 aromatic rings. The number of hydrogen-bond acceptors (Lipinski definition) is 6. The first-order valence-corrected chi connectivity index (χ1v) is 11.0. The zero-order valence-corrected chi connectivity index (χ0v) is 18.2. The molecule has 164 valence electrons. The summed E-state index contributed by atoms with van der Waals surface area (Å²) in [5, 5.41) is 4.43. The average Bonchev–Trinajstić information content (AvgIpc) is 2.75. The molecule has 0 spiro atoms. The van der Waals surface area contributed by atoms with Gasteiger partial charge in [-0.05, 0) is 57.9 Å². The van der Waals surface area contributed by atoms with E-state index in [1.807, 2.05) is 12.1 Å². The van der Waals surface area contributed by atoms with Crippen molar-refractivity contribution in [1.29, 1.82) is 0 Å². The summed E-state index contributed by atoms with van der Waals surface area (Å²) in [4.78, 5) is 14.2. The van der Waals surface area contributed by atoms with Crippen LogP contribution in [0.25, 0.3) is 11.0 Å². The molecule has 0 bridgehead atoms. The Morgan fingerprint density at radius 2 is 1.93 bits per heavy atom. The predicted octanol–water partition coefficient (Wildman–Crippen LogP) is 3.38. The van der Waals surface area contributed by atoms with E-state index in [-0.39, 0.29) is 5.63 Å². The van der Waals surface area contributed by atoms with E-state index in [1.165, 1.54) is 11.6 Å². The van der Waals surface area contributed by atoms with Crippen LogP contribution < -0.4 is 15.7 Å². The van der Waals surface area contributed by atoms with Gasteiger partial charge in [-0.15, -0.1) is 0 Å². The Morgan fingerprint density at radius 1 is 1.13 bits per heavy atom. The van der Waals surface area contributed by atoms with Gasteiger partial charge < -0.3 is 19.2 Å². The molecule has 0 unspecified atom stereocenters. The van der Waals surface area contributed by atoms with Crippen molar-refractivity contribution < 1.29 is 13.9 Å².